The molecule has 0 aromatic carbocycles. The molecule has 5 heteroatoms. The summed E-state index contributed by atoms with van der Waals surface area (Å²) in [5.74, 6) is 0.783. The molecule has 0 atom stereocenters. The standard InChI is InChI=1S/C8H10N4S/c1-6-12-7(5-13-6)4-11-8-9-2-3-10-8/h2-3,5H,4H2,1H3,(H2,9,10,11). The van der Waals surface area contributed by atoms with E-state index in [0.717, 1.165) is 23.2 Å². The molecule has 2 N–H and O–H groups in total. The van der Waals surface area contributed by atoms with E-state index in [-0.39, 0.29) is 0 Å². The molecule has 4 nitrogen and oxygen atoms in total. The number of aromatic nitrogens is 3. The minimum absolute atomic E-state index is 0.720. The van der Waals surface area contributed by atoms with Gasteiger partial charge < -0.3 is 10.3 Å². The Labute approximate surface area is 80.1 Å². The van der Waals surface area contributed by atoms with Gasteiger partial charge in [0.05, 0.1) is 17.2 Å². The summed E-state index contributed by atoms with van der Waals surface area (Å²) in [5, 5.41) is 6.27. The van der Waals surface area contributed by atoms with Crippen LogP contribution in [0.1, 0.15) is 10.7 Å². The Morgan fingerprint density at radius 1 is 1.62 bits per heavy atom. The second-order valence-electron chi connectivity index (χ2n) is 2.65. The Kier molecular flexibility index (Phi) is 2.27. The lowest BCUT2D eigenvalue weighted by atomic mass is 10.5. The van der Waals surface area contributed by atoms with Gasteiger partial charge in [0.15, 0.2) is 5.95 Å². The van der Waals surface area contributed by atoms with Crippen LogP contribution in [0.4, 0.5) is 5.95 Å². The second-order valence-corrected chi connectivity index (χ2v) is 3.71. The first-order valence-corrected chi connectivity index (χ1v) is 4.87. The molecule has 2 aromatic rings. The van der Waals surface area contributed by atoms with Crippen molar-refractivity contribution in [3.05, 3.63) is 28.5 Å². The zero-order chi connectivity index (χ0) is 9.10. The Morgan fingerprint density at radius 2 is 2.54 bits per heavy atom. The van der Waals surface area contributed by atoms with E-state index in [1.165, 1.54) is 0 Å². The Bertz CT molecular complexity index is 365. The normalized spacial score (nSPS) is 10.2. The average molecular weight is 194 g/mol. The highest BCUT2D eigenvalue weighted by molar-refractivity contribution is 7.09. The molecule has 0 aliphatic rings. The minimum Gasteiger partial charge on any atom is -0.350 e. The molecule has 0 unspecified atom stereocenters. The van der Waals surface area contributed by atoms with E-state index in [1.807, 2.05) is 12.3 Å². The maximum atomic E-state index is 4.32. The van der Waals surface area contributed by atoms with Gasteiger partial charge in [-0.2, -0.15) is 0 Å². The zero-order valence-electron chi connectivity index (χ0n) is 7.24. The van der Waals surface area contributed by atoms with Gasteiger partial charge in [-0.15, -0.1) is 11.3 Å². The van der Waals surface area contributed by atoms with Gasteiger partial charge in [0.25, 0.3) is 0 Å². The molecule has 2 rings (SSSR count). The van der Waals surface area contributed by atoms with Gasteiger partial charge >= 0.3 is 0 Å². The van der Waals surface area contributed by atoms with Crippen LogP contribution < -0.4 is 5.32 Å². The quantitative estimate of drug-likeness (QED) is 0.783. The van der Waals surface area contributed by atoms with E-state index in [0.29, 0.717) is 0 Å². The Balaban J connectivity index is 1.93. The SMILES string of the molecule is Cc1nc(CNc2ncc[nH]2)cs1. The molecule has 0 aliphatic carbocycles. The second kappa shape index (κ2) is 3.57. The number of H-pyrrole nitrogens is 1. The summed E-state index contributed by atoms with van der Waals surface area (Å²) in [4.78, 5) is 11.3. The lowest BCUT2D eigenvalue weighted by Gasteiger charge is -1.97. The van der Waals surface area contributed by atoms with Crippen LogP contribution in [0.5, 0.6) is 0 Å². The van der Waals surface area contributed by atoms with Crippen LogP contribution in [0, 0.1) is 6.92 Å². The first-order valence-electron chi connectivity index (χ1n) is 3.99. The fourth-order valence-corrected chi connectivity index (χ4v) is 1.64. The largest absolute Gasteiger partial charge is 0.350 e. The van der Waals surface area contributed by atoms with E-state index in [4.69, 9.17) is 0 Å². The van der Waals surface area contributed by atoms with E-state index >= 15 is 0 Å². The third kappa shape index (κ3) is 2.06. The number of rotatable bonds is 3. The topological polar surface area (TPSA) is 53.6 Å². The molecule has 0 radical (unpaired) electrons. The first kappa shape index (κ1) is 8.25. The Hall–Kier alpha value is -1.36. The summed E-state index contributed by atoms with van der Waals surface area (Å²) in [6.45, 7) is 2.72. The number of anilines is 1. The molecule has 0 aliphatic heterocycles. The number of hydrogen-bond acceptors (Lipinski definition) is 4. The van der Waals surface area contributed by atoms with Crippen LogP contribution in [0.25, 0.3) is 0 Å². The zero-order valence-corrected chi connectivity index (χ0v) is 8.06. The molecular formula is C8H10N4S. The van der Waals surface area contributed by atoms with Crippen molar-refractivity contribution >= 4 is 17.3 Å². The number of thiazole rings is 1. The van der Waals surface area contributed by atoms with Crippen molar-refractivity contribution in [3.8, 4) is 0 Å². The summed E-state index contributed by atoms with van der Waals surface area (Å²) >= 11 is 1.66. The van der Waals surface area contributed by atoms with Gasteiger partial charge in [0.1, 0.15) is 0 Å². The van der Waals surface area contributed by atoms with Crippen LogP contribution in [0.15, 0.2) is 17.8 Å². The van der Waals surface area contributed by atoms with Crippen molar-refractivity contribution in [3.63, 3.8) is 0 Å². The summed E-state index contributed by atoms with van der Waals surface area (Å²) in [6, 6.07) is 0. The summed E-state index contributed by atoms with van der Waals surface area (Å²) in [5.41, 5.74) is 1.05. The van der Waals surface area contributed by atoms with Gasteiger partial charge in [0, 0.05) is 17.8 Å². The Morgan fingerprint density at radius 3 is 3.15 bits per heavy atom. The number of nitrogens with one attached hydrogen (secondary N) is 2. The molecule has 0 saturated carbocycles. The molecule has 0 spiro atoms. The number of hydrogen-bond donors (Lipinski definition) is 2. The van der Waals surface area contributed by atoms with Crippen molar-refractivity contribution in [2.24, 2.45) is 0 Å². The molecule has 68 valence electrons. The molecule has 0 saturated heterocycles. The van der Waals surface area contributed by atoms with E-state index in [9.17, 15) is 0 Å². The van der Waals surface area contributed by atoms with E-state index < -0.39 is 0 Å². The van der Waals surface area contributed by atoms with E-state index in [1.54, 1.807) is 23.7 Å². The maximum Gasteiger partial charge on any atom is 0.200 e. The smallest absolute Gasteiger partial charge is 0.200 e. The fraction of sp³-hybridized carbons (Fsp3) is 0.250. The highest BCUT2D eigenvalue weighted by Gasteiger charge is 1.98. The summed E-state index contributed by atoms with van der Waals surface area (Å²) in [6.07, 6.45) is 3.50. The molecule has 2 aromatic heterocycles. The van der Waals surface area contributed by atoms with Crippen molar-refractivity contribution in [1.29, 1.82) is 0 Å². The molecule has 2 heterocycles. The van der Waals surface area contributed by atoms with Gasteiger partial charge in [-0.3, -0.25) is 0 Å². The number of aromatic amines is 1. The molecule has 0 bridgehead atoms. The highest BCUT2D eigenvalue weighted by Crippen LogP contribution is 2.08. The predicted molar refractivity (Wildman–Crippen MR) is 52.8 cm³/mol. The van der Waals surface area contributed by atoms with Gasteiger partial charge in [-0.25, -0.2) is 9.97 Å². The van der Waals surface area contributed by atoms with Crippen LogP contribution in [-0.2, 0) is 6.54 Å². The van der Waals surface area contributed by atoms with Crippen molar-refractivity contribution in [2.45, 2.75) is 13.5 Å². The number of imidazole rings is 1. The predicted octanol–water partition coefficient (Wildman–Crippen LogP) is 1.79. The lowest BCUT2D eigenvalue weighted by molar-refractivity contribution is 1.03. The molecule has 13 heavy (non-hydrogen) atoms. The minimum atomic E-state index is 0.720. The third-order valence-electron chi connectivity index (χ3n) is 1.60. The monoisotopic (exact) mass is 194 g/mol. The van der Waals surface area contributed by atoms with Gasteiger partial charge in [-0.05, 0) is 6.92 Å². The van der Waals surface area contributed by atoms with Crippen LogP contribution in [0.2, 0.25) is 0 Å². The van der Waals surface area contributed by atoms with Crippen molar-refractivity contribution in [2.75, 3.05) is 5.32 Å². The van der Waals surface area contributed by atoms with E-state index in [2.05, 4.69) is 20.3 Å². The number of aryl methyl sites for hydroxylation is 1. The van der Waals surface area contributed by atoms with Crippen LogP contribution >= 0.6 is 11.3 Å². The highest BCUT2D eigenvalue weighted by atomic mass is 32.1. The lowest BCUT2D eigenvalue weighted by Crippen LogP contribution is -2.00. The van der Waals surface area contributed by atoms with Crippen molar-refractivity contribution in [1.82, 2.24) is 15.0 Å². The maximum absolute atomic E-state index is 4.32. The third-order valence-corrected chi connectivity index (χ3v) is 2.42. The molecular weight excluding hydrogens is 184 g/mol. The number of nitrogens with zero attached hydrogens (tertiary/aromatic N) is 2. The summed E-state index contributed by atoms with van der Waals surface area (Å²) < 4.78 is 0. The van der Waals surface area contributed by atoms with Crippen molar-refractivity contribution < 1.29 is 0 Å². The van der Waals surface area contributed by atoms with Crippen LogP contribution in [0.3, 0.4) is 0 Å². The first-order chi connectivity index (χ1) is 6.34. The van der Waals surface area contributed by atoms with Gasteiger partial charge in [-0.1, -0.05) is 0 Å². The average Bonchev–Trinajstić information content (AvgIpc) is 2.71. The molecule has 0 fully saturated rings. The van der Waals surface area contributed by atoms with Gasteiger partial charge in [0.2, 0.25) is 0 Å². The summed E-state index contributed by atoms with van der Waals surface area (Å²) in [7, 11) is 0. The van der Waals surface area contributed by atoms with Crippen LogP contribution in [-0.4, -0.2) is 15.0 Å². The molecule has 0 amide bonds. The fourth-order valence-electron chi connectivity index (χ4n) is 1.03.